The second kappa shape index (κ2) is 15.6. The third-order valence-electron chi connectivity index (χ3n) is 10.9. The van der Waals surface area contributed by atoms with Gasteiger partial charge in [-0.15, -0.1) is 0 Å². The monoisotopic (exact) mass is 725 g/mol. The second-order valence-corrected chi connectivity index (χ2v) is 15.1. The summed E-state index contributed by atoms with van der Waals surface area (Å²) in [7, 11) is 0. The fraction of sp³-hybridized carbons (Fsp3) is 0.132. The number of hydrogen-bond acceptors (Lipinski definition) is 3. The van der Waals surface area contributed by atoms with Crippen LogP contribution in [0.5, 0.6) is 0 Å². The maximum Gasteiger partial charge on any atom is 0.234 e. The molecule has 3 heteroatoms. The van der Waals surface area contributed by atoms with Crippen molar-refractivity contribution in [3.05, 3.63) is 220 Å². The van der Waals surface area contributed by atoms with Crippen LogP contribution in [0.1, 0.15) is 56.0 Å². The van der Waals surface area contributed by atoms with Crippen LogP contribution < -0.4 is 4.90 Å². The third-order valence-corrected chi connectivity index (χ3v) is 10.9. The van der Waals surface area contributed by atoms with Gasteiger partial charge < -0.3 is 0 Å². The van der Waals surface area contributed by atoms with E-state index < -0.39 is 0 Å². The molecule has 0 aliphatic heterocycles. The van der Waals surface area contributed by atoms with Gasteiger partial charge in [0.2, 0.25) is 5.95 Å². The molecular formula is C53H47N3. The average molecular weight is 726 g/mol. The zero-order valence-corrected chi connectivity index (χ0v) is 33.1. The van der Waals surface area contributed by atoms with Crippen molar-refractivity contribution in [2.75, 3.05) is 4.90 Å². The van der Waals surface area contributed by atoms with Crippen LogP contribution in [0.15, 0.2) is 170 Å². The van der Waals surface area contributed by atoms with Crippen LogP contribution >= 0.6 is 0 Å². The van der Waals surface area contributed by atoms with Crippen LogP contribution in [0.2, 0.25) is 0 Å². The third kappa shape index (κ3) is 7.41. The van der Waals surface area contributed by atoms with E-state index in [-0.39, 0.29) is 5.92 Å². The minimum absolute atomic E-state index is 0.0752. The summed E-state index contributed by atoms with van der Waals surface area (Å²) in [5.41, 5.74) is 20.4. The van der Waals surface area contributed by atoms with E-state index in [0.717, 1.165) is 44.8 Å². The molecule has 8 aromatic rings. The number of nitrogens with zero attached hydrogens (tertiary/aromatic N) is 3. The van der Waals surface area contributed by atoms with Gasteiger partial charge in [-0.05, 0) is 139 Å². The highest BCUT2D eigenvalue weighted by atomic mass is 15.3. The van der Waals surface area contributed by atoms with Crippen molar-refractivity contribution in [2.24, 2.45) is 0 Å². The summed E-state index contributed by atoms with van der Waals surface area (Å²) in [5, 5.41) is 0. The fourth-order valence-corrected chi connectivity index (χ4v) is 8.52. The molecule has 56 heavy (non-hydrogen) atoms. The van der Waals surface area contributed by atoms with E-state index in [0.29, 0.717) is 5.95 Å². The van der Waals surface area contributed by atoms with Gasteiger partial charge in [-0.1, -0.05) is 139 Å². The number of aromatic nitrogens is 2. The molecular weight excluding hydrogens is 679 g/mol. The fourth-order valence-electron chi connectivity index (χ4n) is 8.52. The Morgan fingerprint density at radius 1 is 0.375 bits per heavy atom. The second-order valence-electron chi connectivity index (χ2n) is 15.1. The predicted octanol–water partition coefficient (Wildman–Crippen LogP) is 14.0. The highest BCUT2D eigenvalue weighted by molar-refractivity contribution is 5.83. The quantitative estimate of drug-likeness (QED) is 0.139. The first-order valence-corrected chi connectivity index (χ1v) is 19.4. The van der Waals surface area contributed by atoms with E-state index in [4.69, 9.17) is 9.97 Å². The van der Waals surface area contributed by atoms with Crippen molar-refractivity contribution in [1.82, 2.24) is 9.97 Å². The lowest BCUT2D eigenvalue weighted by Gasteiger charge is -2.28. The van der Waals surface area contributed by atoms with E-state index in [2.05, 4.69) is 186 Å². The van der Waals surface area contributed by atoms with E-state index in [1.165, 1.54) is 50.1 Å². The maximum absolute atomic E-state index is 5.04. The van der Waals surface area contributed by atoms with Crippen LogP contribution in [0.3, 0.4) is 0 Å². The minimum atomic E-state index is 0.0752. The number of hydrogen-bond donors (Lipinski definition) is 0. The van der Waals surface area contributed by atoms with E-state index in [1.54, 1.807) is 0 Å². The number of aryl methyl sites for hydroxylation is 6. The Bertz CT molecular complexity index is 2450. The summed E-state index contributed by atoms with van der Waals surface area (Å²) in [6, 6.07) is 56.7. The molecule has 0 spiro atoms. The van der Waals surface area contributed by atoms with Crippen LogP contribution in [0.4, 0.5) is 17.3 Å². The molecule has 274 valence electrons. The Morgan fingerprint density at radius 2 is 0.768 bits per heavy atom. The molecule has 8 rings (SSSR count). The number of rotatable bonds is 9. The van der Waals surface area contributed by atoms with Gasteiger partial charge in [-0.3, -0.25) is 4.90 Å². The summed E-state index contributed by atoms with van der Waals surface area (Å²) in [6.45, 7) is 13.4. The minimum Gasteiger partial charge on any atom is -0.279 e. The molecule has 0 atom stereocenters. The van der Waals surface area contributed by atoms with Crippen molar-refractivity contribution in [3.8, 4) is 33.4 Å². The first-order valence-electron chi connectivity index (χ1n) is 19.4. The zero-order chi connectivity index (χ0) is 38.8. The lowest BCUT2D eigenvalue weighted by molar-refractivity contribution is 0.919. The average Bonchev–Trinajstić information content (AvgIpc) is 3.21. The van der Waals surface area contributed by atoms with Crippen LogP contribution in [0, 0.1) is 41.5 Å². The Balaban J connectivity index is 1.31. The molecule has 0 bridgehead atoms. The molecule has 0 radical (unpaired) electrons. The smallest absolute Gasteiger partial charge is 0.234 e. The first-order chi connectivity index (χ1) is 27.2. The molecule has 0 unspecified atom stereocenters. The van der Waals surface area contributed by atoms with E-state index in [1.807, 2.05) is 30.6 Å². The Morgan fingerprint density at radius 3 is 1.18 bits per heavy atom. The molecule has 0 aliphatic carbocycles. The lowest BCUT2D eigenvalue weighted by atomic mass is 9.77. The van der Waals surface area contributed by atoms with E-state index in [9.17, 15) is 0 Å². The van der Waals surface area contributed by atoms with Crippen molar-refractivity contribution in [3.63, 3.8) is 0 Å². The molecule has 0 aliphatic rings. The highest BCUT2D eigenvalue weighted by Crippen LogP contribution is 2.43. The summed E-state index contributed by atoms with van der Waals surface area (Å²) >= 11 is 0. The molecule has 1 heterocycles. The molecule has 0 amide bonds. The normalized spacial score (nSPS) is 11.2. The molecule has 0 saturated carbocycles. The van der Waals surface area contributed by atoms with Gasteiger partial charge in [0, 0.05) is 29.6 Å². The maximum atomic E-state index is 5.04. The Kier molecular flexibility index (Phi) is 10.2. The Labute approximate surface area is 332 Å². The van der Waals surface area contributed by atoms with Gasteiger partial charge in [-0.25, -0.2) is 9.97 Å². The molecule has 1 aromatic heterocycles. The van der Waals surface area contributed by atoms with Crippen molar-refractivity contribution < 1.29 is 0 Å². The van der Waals surface area contributed by atoms with Gasteiger partial charge in [0.1, 0.15) is 0 Å². The molecule has 0 saturated heterocycles. The standard InChI is InChI=1S/C53H47N3/c1-35-26-37(3)50(38(4)27-35)52(51-39(5)28-36(2)29-40(51)6)44-22-24-48(25-23-44)56(53-54-33-47(34-55-53)43-20-14-9-15-21-43)49-31-45(41-16-10-7-11-17-41)30-46(32-49)42-18-12-8-13-19-42/h7-34,52H,1-6H3. The van der Waals surface area contributed by atoms with Crippen LogP contribution in [-0.4, -0.2) is 9.97 Å². The molecule has 3 nitrogen and oxygen atoms in total. The summed E-state index contributed by atoms with van der Waals surface area (Å²) < 4.78 is 0. The number of anilines is 3. The number of benzene rings is 7. The zero-order valence-electron chi connectivity index (χ0n) is 33.1. The van der Waals surface area contributed by atoms with Crippen LogP contribution in [-0.2, 0) is 0 Å². The van der Waals surface area contributed by atoms with Gasteiger partial charge in [0.05, 0.1) is 5.69 Å². The predicted molar refractivity (Wildman–Crippen MR) is 235 cm³/mol. The lowest BCUT2D eigenvalue weighted by Crippen LogP contribution is -2.15. The van der Waals surface area contributed by atoms with Gasteiger partial charge in [-0.2, -0.15) is 0 Å². The topological polar surface area (TPSA) is 29.0 Å². The SMILES string of the molecule is Cc1cc(C)c(C(c2ccc(N(c3cc(-c4ccccc4)cc(-c4ccccc4)c3)c3ncc(-c4ccccc4)cn3)cc2)c2c(C)cc(C)cc2C)c(C)c1. The summed E-state index contributed by atoms with van der Waals surface area (Å²) in [5.74, 6) is 0.680. The van der Waals surface area contributed by atoms with Crippen LogP contribution in [0.25, 0.3) is 33.4 Å². The molecule has 0 fully saturated rings. The van der Waals surface area contributed by atoms with Crippen molar-refractivity contribution in [2.45, 2.75) is 47.5 Å². The largest absolute Gasteiger partial charge is 0.279 e. The van der Waals surface area contributed by atoms with Crippen molar-refractivity contribution in [1.29, 1.82) is 0 Å². The Hall–Kier alpha value is -6.58. The van der Waals surface area contributed by atoms with Gasteiger partial charge >= 0.3 is 0 Å². The molecule has 7 aromatic carbocycles. The highest BCUT2D eigenvalue weighted by Gasteiger charge is 2.26. The van der Waals surface area contributed by atoms with Crippen molar-refractivity contribution >= 4 is 17.3 Å². The summed E-state index contributed by atoms with van der Waals surface area (Å²) in [4.78, 5) is 12.3. The van der Waals surface area contributed by atoms with Gasteiger partial charge in [0.25, 0.3) is 0 Å². The summed E-state index contributed by atoms with van der Waals surface area (Å²) in [6.07, 6.45) is 3.86. The van der Waals surface area contributed by atoms with E-state index >= 15 is 0 Å². The molecule has 0 N–H and O–H groups in total. The van der Waals surface area contributed by atoms with Gasteiger partial charge in [0.15, 0.2) is 0 Å². The first kappa shape index (κ1) is 36.4.